The molecular weight excluding hydrogens is 262 g/mol. The van der Waals surface area contributed by atoms with Gasteiger partial charge in [-0.25, -0.2) is 0 Å². The number of hydrogen-bond donors (Lipinski definition) is 0. The Hall–Kier alpha value is -2.13. The minimum absolute atomic E-state index is 0.116. The van der Waals surface area contributed by atoms with Crippen LogP contribution in [0.5, 0.6) is 0 Å². The van der Waals surface area contributed by atoms with E-state index in [1.165, 1.54) is 22.3 Å². The van der Waals surface area contributed by atoms with Crippen LogP contribution in [0.1, 0.15) is 21.5 Å². The fraction of sp³-hybridized carbons (Fsp3) is 0.278. The Morgan fingerprint density at radius 3 is 2.57 bits per heavy atom. The van der Waals surface area contributed by atoms with Crippen molar-refractivity contribution in [2.24, 2.45) is 0 Å². The van der Waals surface area contributed by atoms with Crippen LogP contribution in [0.3, 0.4) is 0 Å². The third kappa shape index (κ3) is 2.14. The first-order valence-corrected chi connectivity index (χ1v) is 7.41. The molecule has 21 heavy (non-hydrogen) atoms. The van der Waals surface area contributed by atoms with E-state index < -0.39 is 0 Å². The SMILES string of the molecule is O=C(c1ccc2c(c1)-c1ccccc1C2)N1CCOCC1. The van der Waals surface area contributed by atoms with E-state index in [0.717, 1.165) is 12.0 Å². The number of ether oxygens (including phenoxy) is 1. The van der Waals surface area contributed by atoms with Gasteiger partial charge in [0.05, 0.1) is 13.2 Å². The van der Waals surface area contributed by atoms with Gasteiger partial charge in [0.15, 0.2) is 0 Å². The highest BCUT2D eigenvalue weighted by molar-refractivity contribution is 5.96. The van der Waals surface area contributed by atoms with Crippen molar-refractivity contribution >= 4 is 5.91 Å². The average Bonchev–Trinajstić information content (AvgIpc) is 2.93. The summed E-state index contributed by atoms with van der Waals surface area (Å²) in [7, 11) is 0. The normalized spacial score (nSPS) is 16.5. The summed E-state index contributed by atoms with van der Waals surface area (Å²) in [5.41, 5.74) is 5.93. The molecule has 0 saturated carbocycles. The van der Waals surface area contributed by atoms with E-state index in [4.69, 9.17) is 4.74 Å². The monoisotopic (exact) mass is 279 g/mol. The maximum Gasteiger partial charge on any atom is 0.254 e. The minimum Gasteiger partial charge on any atom is -0.378 e. The molecule has 0 unspecified atom stereocenters. The van der Waals surface area contributed by atoms with Crippen LogP contribution in [0.15, 0.2) is 42.5 Å². The van der Waals surface area contributed by atoms with Crippen molar-refractivity contribution in [3.05, 3.63) is 59.2 Å². The fourth-order valence-corrected chi connectivity index (χ4v) is 3.21. The van der Waals surface area contributed by atoms with Crippen LogP contribution >= 0.6 is 0 Å². The second kappa shape index (κ2) is 5.01. The van der Waals surface area contributed by atoms with Crippen molar-refractivity contribution in [1.82, 2.24) is 4.90 Å². The molecule has 2 aliphatic rings. The Morgan fingerprint density at radius 1 is 0.952 bits per heavy atom. The standard InChI is InChI=1S/C18H17NO2/c20-18(19-7-9-21-10-8-19)15-6-5-14-11-13-3-1-2-4-16(13)17(14)12-15/h1-6,12H,7-11H2. The number of hydrogen-bond acceptors (Lipinski definition) is 2. The maximum absolute atomic E-state index is 12.6. The first-order chi connectivity index (χ1) is 10.3. The largest absolute Gasteiger partial charge is 0.378 e. The summed E-state index contributed by atoms with van der Waals surface area (Å²) in [6.45, 7) is 2.65. The van der Waals surface area contributed by atoms with Crippen LogP contribution in [0.4, 0.5) is 0 Å². The molecular formula is C18H17NO2. The lowest BCUT2D eigenvalue weighted by Gasteiger charge is -2.27. The zero-order chi connectivity index (χ0) is 14.2. The average molecular weight is 279 g/mol. The number of amides is 1. The van der Waals surface area contributed by atoms with Crippen LogP contribution in [-0.2, 0) is 11.2 Å². The summed E-state index contributed by atoms with van der Waals surface area (Å²) >= 11 is 0. The smallest absolute Gasteiger partial charge is 0.254 e. The Labute approximate surface area is 124 Å². The molecule has 0 aromatic heterocycles. The predicted octanol–water partition coefficient (Wildman–Crippen LogP) is 2.73. The molecule has 1 fully saturated rings. The molecule has 0 atom stereocenters. The molecule has 4 rings (SSSR count). The molecule has 2 aromatic carbocycles. The highest BCUT2D eigenvalue weighted by Gasteiger charge is 2.22. The van der Waals surface area contributed by atoms with E-state index in [9.17, 15) is 4.79 Å². The topological polar surface area (TPSA) is 29.5 Å². The summed E-state index contributed by atoms with van der Waals surface area (Å²) in [5, 5.41) is 0. The van der Waals surface area contributed by atoms with Gasteiger partial charge >= 0.3 is 0 Å². The van der Waals surface area contributed by atoms with Crippen LogP contribution in [0.2, 0.25) is 0 Å². The van der Waals surface area contributed by atoms with Crippen LogP contribution in [0.25, 0.3) is 11.1 Å². The first-order valence-electron chi connectivity index (χ1n) is 7.41. The molecule has 0 bridgehead atoms. The molecule has 1 saturated heterocycles. The quantitative estimate of drug-likeness (QED) is 0.685. The first kappa shape index (κ1) is 12.6. The van der Waals surface area contributed by atoms with Gasteiger partial charge in [0.1, 0.15) is 0 Å². The van der Waals surface area contributed by atoms with Gasteiger partial charge in [-0.1, -0.05) is 30.3 Å². The van der Waals surface area contributed by atoms with E-state index in [1.54, 1.807) is 0 Å². The molecule has 0 spiro atoms. The Kier molecular flexibility index (Phi) is 3.00. The number of nitrogens with zero attached hydrogens (tertiary/aromatic N) is 1. The summed E-state index contributed by atoms with van der Waals surface area (Å²) in [6.07, 6.45) is 0.970. The molecule has 1 heterocycles. The molecule has 3 nitrogen and oxygen atoms in total. The lowest BCUT2D eigenvalue weighted by atomic mass is 10.0. The van der Waals surface area contributed by atoms with Crippen LogP contribution < -0.4 is 0 Å². The second-order valence-electron chi connectivity index (χ2n) is 5.61. The van der Waals surface area contributed by atoms with Gasteiger partial charge in [0, 0.05) is 18.7 Å². The maximum atomic E-state index is 12.6. The van der Waals surface area contributed by atoms with Crippen LogP contribution in [0, 0.1) is 0 Å². The molecule has 1 amide bonds. The van der Waals surface area contributed by atoms with E-state index >= 15 is 0 Å². The zero-order valence-electron chi connectivity index (χ0n) is 11.8. The highest BCUT2D eigenvalue weighted by Crippen LogP contribution is 2.36. The summed E-state index contributed by atoms with van der Waals surface area (Å²) < 4.78 is 5.31. The number of carbonyl (C=O) groups is 1. The van der Waals surface area contributed by atoms with Crippen molar-refractivity contribution in [1.29, 1.82) is 0 Å². The van der Waals surface area contributed by atoms with Crippen LogP contribution in [-0.4, -0.2) is 37.1 Å². The molecule has 3 heteroatoms. The third-order valence-electron chi connectivity index (χ3n) is 4.34. The van der Waals surface area contributed by atoms with Crippen molar-refractivity contribution in [2.45, 2.75) is 6.42 Å². The molecule has 0 N–H and O–H groups in total. The molecule has 1 aliphatic heterocycles. The van der Waals surface area contributed by atoms with Gasteiger partial charge in [0.2, 0.25) is 0 Å². The fourth-order valence-electron chi connectivity index (χ4n) is 3.21. The second-order valence-corrected chi connectivity index (χ2v) is 5.61. The van der Waals surface area contributed by atoms with Crippen molar-refractivity contribution in [2.75, 3.05) is 26.3 Å². The van der Waals surface area contributed by atoms with Gasteiger partial charge in [-0.2, -0.15) is 0 Å². The van der Waals surface area contributed by atoms with Gasteiger partial charge in [0.25, 0.3) is 5.91 Å². The molecule has 106 valence electrons. The van der Waals surface area contributed by atoms with E-state index in [1.807, 2.05) is 11.0 Å². The van der Waals surface area contributed by atoms with E-state index in [-0.39, 0.29) is 5.91 Å². The van der Waals surface area contributed by atoms with Gasteiger partial charge < -0.3 is 9.64 Å². The van der Waals surface area contributed by atoms with E-state index in [0.29, 0.717) is 26.3 Å². The lowest BCUT2D eigenvalue weighted by Crippen LogP contribution is -2.40. The Bertz CT molecular complexity index is 702. The van der Waals surface area contributed by atoms with Gasteiger partial charge in [-0.15, -0.1) is 0 Å². The summed E-state index contributed by atoms with van der Waals surface area (Å²) in [4.78, 5) is 14.5. The van der Waals surface area contributed by atoms with Crippen molar-refractivity contribution < 1.29 is 9.53 Å². The number of carbonyl (C=O) groups excluding carboxylic acids is 1. The zero-order valence-corrected chi connectivity index (χ0v) is 11.8. The lowest BCUT2D eigenvalue weighted by molar-refractivity contribution is 0.0303. The Balaban J connectivity index is 1.69. The van der Waals surface area contributed by atoms with Gasteiger partial charge in [-0.3, -0.25) is 4.79 Å². The summed E-state index contributed by atoms with van der Waals surface area (Å²) in [5.74, 6) is 0.116. The number of morpholine rings is 1. The highest BCUT2D eigenvalue weighted by atomic mass is 16.5. The number of benzene rings is 2. The minimum atomic E-state index is 0.116. The molecule has 0 radical (unpaired) electrons. The van der Waals surface area contributed by atoms with Crippen molar-refractivity contribution in [3.63, 3.8) is 0 Å². The Morgan fingerprint density at radius 2 is 1.71 bits per heavy atom. The molecule has 2 aromatic rings. The summed E-state index contributed by atoms with van der Waals surface area (Å²) in [6, 6.07) is 14.6. The van der Waals surface area contributed by atoms with Gasteiger partial charge in [-0.05, 0) is 40.8 Å². The molecule has 1 aliphatic carbocycles. The van der Waals surface area contributed by atoms with Crippen molar-refractivity contribution in [3.8, 4) is 11.1 Å². The number of fused-ring (bicyclic) bond motifs is 3. The number of rotatable bonds is 1. The third-order valence-corrected chi connectivity index (χ3v) is 4.34. The predicted molar refractivity (Wildman–Crippen MR) is 81.4 cm³/mol. The van der Waals surface area contributed by atoms with E-state index in [2.05, 4.69) is 36.4 Å².